The van der Waals surface area contributed by atoms with Gasteiger partial charge < -0.3 is 18.9 Å². The molecule has 0 radical (unpaired) electrons. The van der Waals surface area contributed by atoms with Crippen molar-refractivity contribution in [3.63, 3.8) is 0 Å². The second-order valence-corrected chi connectivity index (χ2v) is 6.00. The van der Waals surface area contributed by atoms with Crippen molar-refractivity contribution in [2.45, 2.75) is 38.5 Å². The Labute approximate surface area is 139 Å². The molecular formula is C17H19N3O4. The summed E-state index contributed by atoms with van der Waals surface area (Å²) in [5.74, 6) is 1.44. The van der Waals surface area contributed by atoms with Crippen LogP contribution < -0.4 is 4.74 Å². The maximum Gasteiger partial charge on any atom is 0.252 e. The second kappa shape index (κ2) is 6.60. The van der Waals surface area contributed by atoms with Gasteiger partial charge >= 0.3 is 0 Å². The van der Waals surface area contributed by atoms with Crippen molar-refractivity contribution in [1.82, 2.24) is 15.0 Å². The van der Waals surface area contributed by atoms with E-state index in [0.29, 0.717) is 32.0 Å². The maximum absolute atomic E-state index is 12.5. The Kier molecular flexibility index (Phi) is 4.17. The number of fused-ring (bicyclic) bond motifs is 1. The second-order valence-electron chi connectivity index (χ2n) is 6.00. The van der Waals surface area contributed by atoms with Crippen molar-refractivity contribution in [1.29, 1.82) is 0 Å². The average Bonchev–Trinajstić information content (AvgIpc) is 3.30. The van der Waals surface area contributed by atoms with E-state index in [1.165, 1.54) is 0 Å². The average molecular weight is 329 g/mol. The van der Waals surface area contributed by atoms with Gasteiger partial charge in [-0.3, -0.25) is 4.79 Å². The number of hydrogen-bond donors (Lipinski definition) is 0. The van der Waals surface area contributed by atoms with Crippen LogP contribution in [0.5, 0.6) is 5.88 Å². The fourth-order valence-electron chi connectivity index (χ4n) is 3.12. The normalized spacial score (nSPS) is 20.0. The van der Waals surface area contributed by atoms with Crippen LogP contribution in [-0.2, 0) is 29.1 Å². The van der Waals surface area contributed by atoms with Crippen molar-refractivity contribution in [3.8, 4) is 5.88 Å². The molecule has 0 N–H and O–H groups in total. The number of nitrogens with zero attached hydrogens (tertiary/aromatic N) is 3. The first-order valence-corrected chi connectivity index (χ1v) is 8.22. The highest BCUT2D eigenvalue weighted by molar-refractivity contribution is 5.81. The topological polar surface area (TPSA) is 77.7 Å². The van der Waals surface area contributed by atoms with Crippen LogP contribution in [0.15, 0.2) is 28.9 Å². The number of aromatic nitrogens is 2. The summed E-state index contributed by atoms with van der Waals surface area (Å²) >= 11 is 0. The van der Waals surface area contributed by atoms with E-state index in [4.69, 9.17) is 14.0 Å². The molecule has 7 heteroatoms. The van der Waals surface area contributed by atoms with Gasteiger partial charge in [0, 0.05) is 37.4 Å². The molecule has 126 valence electrons. The van der Waals surface area contributed by atoms with Crippen LogP contribution in [0.3, 0.4) is 0 Å². The van der Waals surface area contributed by atoms with Crippen LogP contribution in [0.2, 0.25) is 0 Å². The third kappa shape index (κ3) is 2.99. The van der Waals surface area contributed by atoms with Gasteiger partial charge in [-0.05, 0) is 18.9 Å². The first-order valence-electron chi connectivity index (χ1n) is 8.22. The minimum atomic E-state index is -0.292. The number of carbonyl (C=O) groups is 1. The summed E-state index contributed by atoms with van der Waals surface area (Å²) in [6.45, 7) is 2.09. The Morgan fingerprint density at radius 3 is 3.17 bits per heavy atom. The Morgan fingerprint density at radius 1 is 1.42 bits per heavy atom. The predicted molar refractivity (Wildman–Crippen MR) is 83.2 cm³/mol. The summed E-state index contributed by atoms with van der Waals surface area (Å²) < 4.78 is 16.6. The van der Waals surface area contributed by atoms with Crippen LogP contribution in [-0.4, -0.2) is 40.2 Å². The van der Waals surface area contributed by atoms with Crippen LogP contribution in [0.25, 0.3) is 0 Å². The van der Waals surface area contributed by atoms with Crippen LogP contribution in [0.4, 0.5) is 0 Å². The molecule has 0 spiro atoms. The van der Waals surface area contributed by atoms with Crippen molar-refractivity contribution in [2.75, 3.05) is 13.2 Å². The summed E-state index contributed by atoms with van der Waals surface area (Å²) in [7, 11) is 0. The van der Waals surface area contributed by atoms with E-state index in [9.17, 15) is 4.79 Å². The van der Waals surface area contributed by atoms with Gasteiger partial charge in [0.2, 0.25) is 5.88 Å². The Hall–Kier alpha value is -2.41. The molecule has 1 saturated heterocycles. The standard InChI is InChI=1S/C17H19N3O4/c21-17(15-4-3-9-22-15)20-8-6-14-12(10-20)13(19-24-14)11-23-16-5-1-2-7-18-16/h1-2,5,7,15H,3-4,6,8-11H2/t15-/m0/s1. The number of pyridine rings is 1. The maximum atomic E-state index is 12.5. The molecule has 0 aliphatic carbocycles. The lowest BCUT2D eigenvalue weighted by Crippen LogP contribution is -2.41. The summed E-state index contributed by atoms with van der Waals surface area (Å²) in [6.07, 6.45) is 3.81. The minimum Gasteiger partial charge on any atom is -0.471 e. The Balaban J connectivity index is 1.44. The molecule has 0 saturated carbocycles. The highest BCUT2D eigenvalue weighted by atomic mass is 16.5. The molecule has 1 amide bonds. The first-order chi connectivity index (χ1) is 11.8. The SMILES string of the molecule is O=C([C@@H]1CCCO1)N1CCc2onc(COc3ccccn3)c2C1. The quantitative estimate of drug-likeness (QED) is 0.850. The lowest BCUT2D eigenvalue weighted by atomic mass is 10.1. The molecule has 2 aliphatic heterocycles. The summed E-state index contributed by atoms with van der Waals surface area (Å²) in [5, 5.41) is 4.11. The zero-order chi connectivity index (χ0) is 16.4. The molecular weight excluding hydrogens is 310 g/mol. The molecule has 0 bridgehead atoms. The number of rotatable bonds is 4. The molecule has 7 nitrogen and oxygen atoms in total. The fraction of sp³-hybridized carbons (Fsp3) is 0.471. The van der Waals surface area contributed by atoms with Crippen LogP contribution in [0.1, 0.15) is 29.9 Å². The molecule has 2 aromatic rings. The van der Waals surface area contributed by atoms with E-state index in [0.717, 1.165) is 29.9 Å². The zero-order valence-corrected chi connectivity index (χ0v) is 13.3. The Bertz CT molecular complexity index is 710. The Morgan fingerprint density at radius 2 is 2.38 bits per heavy atom. The van der Waals surface area contributed by atoms with Gasteiger partial charge in [-0.1, -0.05) is 11.2 Å². The van der Waals surface area contributed by atoms with Gasteiger partial charge in [0.1, 0.15) is 24.2 Å². The number of ether oxygens (including phenoxy) is 2. The first kappa shape index (κ1) is 15.1. The summed E-state index contributed by atoms with van der Waals surface area (Å²) in [6, 6.07) is 5.49. The van der Waals surface area contributed by atoms with Gasteiger partial charge in [-0.25, -0.2) is 4.98 Å². The van der Waals surface area contributed by atoms with E-state index in [1.54, 1.807) is 12.3 Å². The molecule has 0 unspecified atom stereocenters. The monoisotopic (exact) mass is 329 g/mol. The van der Waals surface area contributed by atoms with Crippen molar-refractivity contribution in [3.05, 3.63) is 41.4 Å². The van der Waals surface area contributed by atoms with Gasteiger partial charge in [0.25, 0.3) is 5.91 Å². The molecule has 2 aliphatic rings. The van der Waals surface area contributed by atoms with Crippen LogP contribution >= 0.6 is 0 Å². The highest BCUT2D eigenvalue weighted by Gasteiger charge is 2.32. The van der Waals surface area contributed by atoms with Gasteiger partial charge in [0.05, 0.1) is 6.54 Å². The highest BCUT2D eigenvalue weighted by Crippen LogP contribution is 2.25. The zero-order valence-electron chi connectivity index (χ0n) is 13.3. The molecule has 4 heterocycles. The number of hydrogen-bond acceptors (Lipinski definition) is 6. The van der Waals surface area contributed by atoms with Crippen molar-refractivity contribution < 1.29 is 18.8 Å². The predicted octanol–water partition coefficient (Wildman–Crippen LogP) is 1.71. The van der Waals surface area contributed by atoms with E-state index in [1.807, 2.05) is 17.0 Å². The van der Waals surface area contributed by atoms with E-state index in [2.05, 4.69) is 10.1 Å². The lowest BCUT2D eigenvalue weighted by molar-refractivity contribution is -0.142. The van der Waals surface area contributed by atoms with Gasteiger partial charge in [0.15, 0.2) is 0 Å². The third-order valence-electron chi connectivity index (χ3n) is 4.42. The molecule has 2 aromatic heterocycles. The van der Waals surface area contributed by atoms with Gasteiger partial charge in [-0.15, -0.1) is 0 Å². The number of carbonyl (C=O) groups excluding carboxylic acids is 1. The molecule has 24 heavy (non-hydrogen) atoms. The lowest BCUT2D eigenvalue weighted by Gasteiger charge is -2.28. The summed E-state index contributed by atoms with van der Waals surface area (Å²) in [4.78, 5) is 18.5. The van der Waals surface area contributed by atoms with Crippen molar-refractivity contribution >= 4 is 5.91 Å². The minimum absolute atomic E-state index is 0.0657. The van der Waals surface area contributed by atoms with E-state index >= 15 is 0 Å². The van der Waals surface area contributed by atoms with Crippen LogP contribution in [0, 0.1) is 0 Å². The molecule has 1 atom stereocenters. The van der Waals surface area contributed by atoms with E-state index < -0.39 is 0 Å². The largest absolute Gasteiger partial charge is 0.471 e. The summed E-state index contributed by atoms with van der Waals surface area (Å²) in [5.41, 5.74) is 1.67. The smallest absolute Gasteiger partial charge is 0.252 e. The van der Waals surface area contributed by atoms with Crippen molar-refractivity contribution in [2.24, 2.45) is 0 Å². The van der Waals surface area contributed by atoms with E-state index in [-0.39, 0.29) is 18.6 Å². The van der Waals surface area contributed by atoms with Gasteiger partial charge in [-0.2, -0.15) is 0 Å². The molecule has 0 aromatic carbocycles. The number of amides is 1. The molecule has 1 fully saturated rings. The fourth-order valence-corrected chi connectivity index (χ4v) is 3.12. The molecule has 4 rings (SSSR count). The third-order valence-corrected chi connectivity index (χ3v) is 4.42.